The molecule has 0 unspecified atom stereocenters. The molecular weight excluding hydrogens is 1240 g/mol. The summed E-state index contributed by atoms with van der Waals surface area (Å²) in [6, 6.07) is 129. The summed E-state index contributed by atoms with van der Waals surface area (Å²) >= 11 is 0. The molecule has 0 saturated heterocycles. The Morgan fingerprint density at radius 1 is 0.184 bits per heavy atom. The van der Waals surface area contributed by atoms with Gasteiger partial charge in [-0.2, -0.15) is 0 Å². The van der Waals surface area contributed by atoms with Gasteiger partial charge in [-0.05, 0) is 223 Å². The zero-order valence-corrected chi connectivity index (χ0v) is 61.7. The Morgan fingerprint density at radius 3 is 0.767 bits per heavy atom. The molecule has 0 fully saturated rings. The molecule has 0 aromatic heterocycles. The van der Waals surface area contributed by atoms with Crippen LogP contribution in [0.2, 0.25) is 0 Å². The molecule has 14 aromatic carbocycles. The Kier molecular flexibility index (Phi) is 17.6. The molecule has 103 heavy (non-hydrogen) atoms. The van der Waals surface area contributed by atoms with E-state index in [1.807, 2.05) is 0 Å². The standard InChI is InChI=1S/C101H92N2/c1-97(2,3)82-54-79(55-83(64-82)98(4,5)6)73-42-32-46-87(58-73)102(89-60-75(69-34-18-13-19-35-69)52-76(61-89)70-36-20-14-21-37-70)91-66-86(101(81-44-26-17-27-45-81)95-50-30-28-48-93(95)94-49-29-31-51-96(94)101)67-92(68-91)103(90-62-77(71-38-22-15-23-39-71)53-78(63-90)72-40-24-16-25-41-72)88-47-33-43-74(59-88)80-56-84(99(7,8)9)65-85(57-80)100(10,11)12/h13-68H,1-12H3. The van der Waals surface area contributed by atoms with E-state index < -0.39 is 5.41 Å². The Bertz CT molecular complexity index is 4910. The van der Waals surface area contributed by atoms with Crippen molar-refractivity contribution in [2.45, 2.75) is 110 Å². The van der Waals surface area contributed by atoms with Crippen LogP contribution in [0.3, 0.4) is 0 Å². The van der Waals surface area contributed by atoms with E-state index in [4.69, 9.17) is 0 Å². The molecule has 0 spiro atoms. The molecule has 14 aromatic rings. The second kappa shape index (κ2) is 26.9. The second-order valence-electron chi connectivity index (χ2n) is 32.3. The highest BCUT2D eigenvalue weighted by Crippen LogP contribution is 2.58. The van der Waals surface area contributed by atoms with Gasteiger partial charge >= 0.3 is 0 Å². The number of nitrogens with zero attached hydrogens (tertiary/aromatic N) is 2. The summed E-state index contributed by atoms with van der Waals surface area (Å²) in [6.07, 6.45) is 0. The lowest BCUT2D eigenvalue weighted by atomic mass is 9.67. The van der Waals surface area contributed by atoms with Gasteiger partial charge in [0.25, 0.3) is 0 Å². The molecule has 0 radical (unpaired) electrons. The van der Waals surface area contributed by atoms with Crippen LogP contribution in [-0.2, 0) is 27.1 Å². The Labute approximate surface area is 612 Å². The van der Waals surface area contributed by atoms with Crippen LogP contribution in [0.5, 0.6) is 0 Å². The Balaban J connectivity index is 1.10. The van der Waals surface area contributed by atoms with Crippen molar-refractivity contribution in [3.8, 4) is 77.9 Å². The summed E-state index contributed by atoms with van der Waals surface area (Å²) < 4.78 is 0. The van der Waals surface area contributed by atoms with Crippen LogP contribution in [0.1, 0.15) is 128 Å². The number of anilines is 6. The minimum absolute atomic E-state index is 0.0892. The van der Waals surface area contributed by atoms with Gasteiger partial charge in [0.1, 0.15) is 0 Å². The van der Waals surface area contributed by atoms with Crippen molar-refractivity contribution in [3.63, 3.8) is 0 Å². The molecule has 0 amide bonds. The largest absolute Gasteiger partial charge is 0.310 e. The van der Waals surface area contributed by atoms with Gasteiger partial charge in [0.15, 0.2) is 0 Å². The van der Waals surface area contributed by atoms with Crippen LogP contribution in [0.4, 0.5) is 34.1 Å². The molecule has 0 bridgehead atoms. The Morgan fingerprint density at radius 2 is 0.447 bits per heavy atom. The third kappa shape index (κ3) is 13.4. The summed E-state index contributed by atoms with van der Waals surface area (Å²) in [6.45, 7) is 28.0. The monoisotopic (exact) mass is 1330 g/mol. The predicted molar refractivity (Wildman–Crippen MR) is 441 cm³/mol. The highest BCUT2D eigenvalue weighted by atomic mass is 15.2. The molecule has 0 N–H and O–H groups in total. The molecule has 15 rings (SSSR count). The maximum atomic E-state index is 2.57. The van der Waals surface area contributed by atoms with E-state index in [1.54, 1.807) is 0 Å². The molecule has 506 valence electrons. The summed E-state index contributed by atoms with van der Waals surface area (Å²) in [5.74, 6) is 0. The van der Waals surface area contributed by atoms with Crippen molar-refractivity contribution in [1.29, 1.82) is 0 Å². The third-order valence-corrected chi connectivity index (χ3v) is 21.0. The Hall–Kier alpha value is -11.3. The summed E-state index contributed by atoms with van der Waals surface area (Å²) in [5, 5.41) is 0. The molecule has 0 saturated carbocycles. The zero-order chi connectivity index (χ0) is 71.4. The number of hydrogen-bond acceptors (Lipinski definition) is 2. The minimum Gasteiger partial charge on any atom is -0.310 e. The van der Waals surface area contributed by atoms with E-state index in [2.05, 4.69) is 433 Å². The second-order valence-corrected chi connectivity index (χ2v) is 32.3. The quantitative estimate of drug-likeness (QED) is 0.107. The van der Waals surface area contributed by atoms with Crippen molar-refractivity contribution in [2.24, 2.45) is 0 Å². The lowest BCUT2D eigenvalue weighted by molar-refractivity contribution is 0.568. The summed E-state index contributed by atoms with van der Waals surface area (Å²) in [5.41, 5.74) is 31.2. The van der Waals surface area contributed by atoms with Gasteiger partial charge in [0.05, 0.1) is 5.41 Å². The lowest BCUT2D eigenvalue weighted by Gasteiger charge is -2.37. The molecule has 0 heterocycles. The highest BCUT2D eigenvalue weighted by Gasteiger charge is 2.47. The van der Waals surface area contributed by atoms with Gasteiger partial charge in [0, 0.05) is 34.1 Å². The first kappa shape index (κ1) is 67.5. The maximum Gasteiger partial charge on any atom is 0.0715 e. The topological polar surface area (TPSA) is 6.48 Å². The highest BCUT2D eigenvalue weighted by molar-refractivity contribution is 5.94. The number of hydrogen-bond donors (Lipinski definition) is 0. The van der Waals surface area contributed by atoms with Crippen LogP contribution in [-0.4, -0.2) is 0 Å². The van der Waals surface area contributed by atoms with E-state index >= 15 is 0 Å². The van der Waals surface area contributed by atoms with Crippen molar-refractivity contribution in [2.75, 3.05) is 9.80 Å². The van der Waals surface area contributed by atoms with E-state index in [0.717, 1.165) is 95.3 Å². The zero-order valence-electron chi connectivity index (χ0n) is 61.7. The lowest BCUT2D eigenvalue weighted by Crippen LogP contribution is -2.29. The van der Waals surface area contributed by atoms with Crippen molar-refractivity contribution in [3.05, 3.63) is 384 Å². The van der Waals surface area contributed by atoms with Crippen LogP contribution in [0.15, 0.2) is 340 Å². The fourth-order valence-electron chi connectivity index (χ4n) is 15.3. The molecule has 1 aliphatic rings. The van der Waals surface area contributed by atoms with Crippen molar-refractivity contribution >= 4 is 34.1 Å². The first-order valence-corrected chi connectivity index (χ1v) is 36.6. The van der Waals surface area contributed by atoms with E-state index in [-0.39, 0.29) is 21.7 Å². The number of rotatable bonds is 14. The normalized spacial score (nSPS) is 12.7. The summed E-state index contributed by atoms with van der Waals surface area (Å²) in [4.78, 5) is 5.13. The van der Waals surface area contributed by atoms with Crippen molar-refractivity contribution < 1.29 is 0 Å². The SMILES string of the molecule is CC(C)(C)c1cc(-c2cccc(N(c3cc(-c4ccccc4)cc(-c4ccccc4)c3)c3cc(N(c4cccc(-c5cc(C(C)(C)C)cc(C(C)(C)C)c5)c4)c4cc(-c5ccccc5)cc(-c5ccccc5)c4)cc(C4(c5ccccc5)c5ccccc5-c5ccccc54)c3)c2)cc(C(C)(C)C)c1. The fourth-order valence-corrected chi connectivity index (χ4v) is 15.3. The van der Waals surface area contributed by atoms with Crippen LogP contribution >= 0.6 is 0 Å². The number of fused-ring (bicyclic) bond motifs is 3. The molecular formula is C101H92N2. The third-order valence-electron chi connectivity index (χ3n) is 21.0. The van der Waals surface area contributed by atoms with Gasteiger partial charge in [0.2, 0.25) is 0 Å². The van der Waals surface area contributed by atoms with E-state index in [0.29, 0.717) is 0 Å². The maximum absolute atomic E-state index is 2.57. The smallest absolute Gasteiger partial charge is 0.0715 e. The van der Waals surface area contributed by atoms with Gasteiger partial charge < -0.3 is 9.80 Å². The number of benzene rings is 14. The molecule has 2 nitrogen and oxygen atoms in total. The average Bonchev–Trinajstić information content (AvgIpc) is 1.56. The molecule has 2 heteroatoms. The molecule has 1 aliphatic carbocycles. The van der Waals surface area contributed by atoms with Crippen LogP contribution in [0.25, 0.3) is 77.9 Å². The minimum atomic E-state index is -0.810. The van der Waals surface area contributed by atoms with Gasteiger partial charge in [-0.3, -0.25) is 0 Å². The van der Waals surface area contributed by atoms with Crippen LogP contribution < -0.4 is 9.80 Å². The summed E-state index contributed by atoms with van der Waals surface area (Å²) in [7, 11) is 0. The molecule has 0 aliphatic heterocycles. The average molecular weight is 1330 g/mol. The van der Waals surface area contributed by atoms with Gasteiger partial charge in [-0.15, -0.1) is 0 Å². The fraction of sp³-hybridized carbons (Fsp3) is 0.168. The van der Waals surface area contributed by atoms with Gasteiger partial charge in [-0.25, -0.2) is 0 Å². The van der Waals surface area contributed by atoms with E-state index in [9.17, 15) is 0 Å². The van der Waals surface area contributed by atoms with Crippen molar-refractivity contribution in [1.82, 2.24) is 0 Å². The van der Waals surface area contributed by atoms with Gasteiger partial charge in [-0.1, -0.05) is 344 Å². The first-order chi connectivity index (χ1) is 49.5. The van der Waals surface area contributed by atoms with Crippen LogP contribution in [0, 0.1) is 0 Å². The first-order valence-electron chi connectivity index (χ1n) is 36.6. The van der Waals surface area contributed by atoms with E-state index in [1.165, 1.54) is 61.2 Å². The predicted octanol–water partition coefficient (Wildman–Crippen LogP) is 28.2. The molecule has 0 atom stereocenters.